The molecule has 0 bridgehead atoms. The van der Waals surface area contributed by atoms with Crippen molar-refractivity contribution in [1.82, 2.24) is 24.4 Å². The molecule has 0 N–H and O–H groups in total. The zero-order chi connectivity index (χ0) is 17.2. The van der Waals surface area contributed by atoms with E-state index >= 15 is 0 Å². The molecule has 1 amide bonds. The van der Waals surface area contributed by atoms with Crippen molar-refractivity contribution in [3.8, 4) is 0 Å². The smallest absolute Gasteiger partial charge is 0.276 e. The summed E-state index contributed by atoms with van der Waals surface area (Å²) in [5.41, 5.74) is 3.28. The van der Waals surface area contributed by atoms with Gasteiger partial charge in [-0.15, -0.1) is 11.3 Å². The molecule has 25 heavy (non-hydrogen) atoms. The van der Waals surface area contributed by atoms with E-state index in [1.54, 1.807) is 18.3 Å². The van der Waals surface area contributed by atoms with Crippen LogP contribution in [0, 0.1) is 6.92 Å². The number of carbonyl (C=O) groups excluding carboxylic acids is 1. The predicted molar refractivity (Wildman–Crippen MR) is 92.6 cm³/mol. The van der Waals surface area contributed by atoms with Gasteiger partial charge in [0.25, 0.3) is 5.91 Å². The van der Waals surface area contributed by atoms with Crippen LogP contribution in [0.15, 0.2) is 34.1 Å². The average Bonchev–Trinajstić information content (AvgIpc) is 3.37. The van der Waals surface area contributed by atoms with Crippen LogP contribution in [0.3, 0.4) is 0 Å². The first-order chi connectivity index (χ1) is 12.2. The number of amides is 1. The van der Waals surface area contributed by atoms with Crippen LogP contribution in [0.1, 0.15) is 46.5 Å². The molecule has 1 fully saturated rings. The summed E-state index contributed by atoms with van der Waals surface area (Å²) in [6.07, 6.45) is 7.11. The van der Waals surface area contributed by atoms with Crippen molar-refractivity contribution >= 4 is 17.2 Å². The van der Waals surface area contributed by atoms with Crippen molar-refractivity contribution in [3.63, 3.8) is 0 Å². The van der Waals surface area contributed by atoms with E-state index in [1.165, 1.54) is 6.39 Å². The summed E-state index contributed by atoms with van der Waals surface area (Å²) in [6.45, 7) is 3.88. The maximum absolute atomic E-state index is 12.7. The van der Waals surface area contributed by atoms with Gasteiger partial charge in [-0.05, 0) is 19.8 Å². The van der Waals surface area contributed by atoms with Crippen LogP contribution in [0.2, 0.25) is 0 Å². The van der Waals surface area contributed by atoms with Crippen LogP contribution in [0.25, 0.3) is 0 Å². The van der Waals surface area contributed by atoms with Crippen LogP contribution in [0.4, 0.5) is 0 Å². The predicted octanol–water partition coefficient (Wildman–Crippen LogP) is 2.70. The number of aromatic nitrogens is 4. The van der Waals surface area contributed by atoms with E-state index in [4.69, 9.17) is 4.42 Å². The van der Waals surface area contributed by atoms with Crippen LogP contribution in [-0.2, 0) is 6.54 Å². The largest absolute Gasteiger partial charge is 0.448 e. The van der Waals surface area contributed by atoms with Gasteiger partial charge in [-0.25, -0.2) is 15.0 Å². The van der Waals surface area contributed by atoms with E-state index in [0.717, 1.165) is 30.9 Å². The lowest BCUT2D eigenvalue weighted by atomic mass is 9.96. The highest BCUT2D eigenvalue weighted by molar-refractivity contribution is 7.07. The first-order valence-electron chi connectivity index (χ1n) is 8.30. The Kier molecular flexibility index (Phi) is 4.35. The zero-order valence-corrected chi connectivity index (χ0v) is 14.8. The summed E-state index contributed by atoms with van der Waals surface area (Å²) < 4.78 is 7.31. The topological polar surface area (TPSA) is 77.0 Å². The molecule has 3 aromatic heterocycles. The lowest BCUT2D eigenvalue weighted by molar-refractivity contribution is 0.0696. The van der Waals surface area contributed by atoms with Gasteiger partial charge in [-0.1, -0.05) is 0 Å². The number of hydrogen-bond acceptors (Lipinski definition) is 6. The van der Waals surface area contributed by atoms with Gasteiger partial charge in [-0.3, -0.25) is 4.79 Å². The lowest BCUT2D eigenvalue weighted by Crippen LogP contribution is -2.40. The summed E-state index contributed by atoms with van der Waals surface area (Å²) in [5, 5.41) is 2.05. The maximum atomic E-state index is 12.7. The van der Waals surface area contributed by atoms with Gasteiger partial charge < -0.3 is 13.9 Å². The van der Waals surface area contributed by atoms with Crippen molar-refractivity contribution in [2.45, 2.75) is 32.2 Å². The van der Waals surface area contributed by atoms with Gasteiger partial charge in [0, 0.05) is 36.8 Å². The number of carbonyl (C=O) groups is 1. The zero-order valence-electron chi connectivity index (χ0n) is 14.0. The SMILES string of the molecule is Cc1ocnc1C(=O)N1CCC[C@H](c2nccn2Cc2cscn2)C1. The Bertz CT molecular complexity index is 854. The highest BCUT2D eigenvalue weighted by atomic mass is 32.1. The summed E-state index contributed by atoms with van der Waals surface area (Å²) >= 11 is 1.59. The molecule has 1 aliphatic heterocycles. The fourth-order valence-electron chi connectivity index (χ4n) is 3.34. The number of hydrogen-bond donors (Lipinski definition) is 0. The van der Waals surface area contributed by atoms with E-state index in [1.807, 2.05) is 28.2 Å². The second kappa shape index (κ2) is 6.79. The monoisotopic (exact) mass is 357 g/mol. The van der Waals surface area contributed by atoms with Crippen molar-refractivity contribution in [2.24, 2.45) is 0 Å². The van der Waals surface area contributed by atoms with E-state index in [2.05, 4.69) is 19.5 Å². The molecule has 0 unspecified atom stereocenters. The highest BCUT2D eigenvalue weighted by Gasteiger charge is 2.29. The molecule has 0 radical (unpaired) electrons. The molecule has 4 rings (SSSR count). The quantitative estimate of drug-likeness (QED) is 0.717. The first-order valence-corrected chi connectivity index (χ1v) is 9.24. The normalized spacial score (nSPS) is 17.8. The third kappa shape index (κ3) is 3.21. The Hall–Kier alpha value is -2.48. The fourth-order valence-corrected chi connectivity index (χ4v) is 3.89. The Morgan fingerprint density at radius 2 is 2.32 bits per heavy atom. The molecular formula is C17H19N5O2S. The number of thiazole rings is 1. The summed E-state index contributed by atoms with van der Waals surface area (Å²) in [5.74, 6) is 1.74. The number of oxazole rings is 1. The minimum Gasteiger partial charge on any atom is -0.448 e. The van der Waals surface area contributed by atoms with Crippen LogP contribution in [0.5, 0.6) is 0 Å². The second-order valence-electron chi connectivity index (χ2n) is 6.24. The molecule has 1 atom stereocenters. The van der Waals surface area contributed by atoms with Crippen LogP contribution < -0.4 is 0 Å². The van der Waals surface area contributed by atoms with Crippen molar-refractivity contribution in [3.05, 3.63) is 52.7 Å². The van der Waals surface area contributed by atoms with Gasteiger partial charge in [0.1, 0.15) is 11.6 Å². The number of likely N-dealkylation sites (tertiary alicyclic amines) is 1. The average molecular weight is 357 g/mol. The van der Waals surface area contributed by atoms with E-state index < -0.39 is 0 Å². The molecule has 4 heterocycles. The van der Waals surface area contributed by atoms with Crippen molar-refractivity contribution in [1.29, 1.82) is 0 Å². The van der Waals surface area contributed by atoms with Gasteiger partial charge in [0.2, 0.25) is 0 Å². The number of aryl methyl sites for hydroxylation is 1. The Morgan fingerprint density at radius 3 is 3.08 bits per heavy atom. The molecule has 0 aromatic carbocycles. The van der Waals surface area contributed by atoms with Gasteiger partial charge in [0.15, 0.2) is 12.1 Å². The lowest BCUT2D eigenvalue weighted by Gasteiger charge is -2.32. The Balaban J connectivity index is 1.51. The molecule has 0 saturated carbocycles. The van der Waals surface area contributed by atoms with E-state index in [9.17, 15) is 4.79 Å². The summed E-state index contributed by atoms with van der Waals surface area (Å²) in [6, 6.07) is 0. The molecule has 1 saturated heterocycles. The minimum atomic E-state index is -0.0615. The molecule has 0 aliphatic carbocycles. The van der Waals surface area contributed by atoms with E-state index in [0.29, 0.717) is 24.5 Å². The van der Waals surface area contributed by atoms with E-state index in [-0.39, 0.29) is 11.8 Å². The van der Waals surface area contributed by atoms with Crippen molar-refractivity contribution in [2.75, 3.05) is 13.1 Å². The summed E-state index contributed by atoms with van der Waals surface area (Å²) in [4.78, 5) is 27.5. The molecule has 3 aromatic rings. The number of piperidine rings is 1. The van der Waals surface area contributed by atoms with Crippen LogP contribution >= 0.6 is 11.3 Å². The molecule has 7 nitrogen and oxygen atoms in total. The van der Waals surface area contributed by atoms with Gasteiger partial charge in [-0.2, -0.15) is 0 Å². The first kappa shape index (κ1) is 16.0. The molecule has 130 valence electrons. The van der Waals surface area contributed by atoms with Crippen molar-refractivity contribution < 1.29 is 9.21 Å². The Labute approximate surface area is 149 Å². The second-order valence-corrected chi connectivity index (χ2v) is 6.96. The fraction of sp³-hybridized carbons (Fsp3) is 0.412. The standard InChI is InChI=1S/C17H19N5O2S/c1-12-15(19-10-24-12)17(23)22-5-2-3-13(7-22)16-18-4-6-21(16)8-14-9-25-11-20-14/h4,6,9-11,13H,2-3,5,7-8H2,1H3/t13-/m0/s1. The number of rotatable bonds is 4. The van der Waals surface area contributed by atoms with Gasteiger partial charge in [0.05, 0.1) is 17.7 Å². The minimum absolute atomic E-state index is 0.0615. The maximum Gasteiger partial charge on any atom is 0.276 e. The Morgan fingerprint density at radius 1 is 1.40 bits per heavy atom. The third-order valence-corrected chi connectivity index (χ3v) is 5.22. The molecule has 8 heteroatoms. The summed E-state index contributed by atoms with van der Waals surface area (Å²) in [7, 11) is 0. The third-order valence-electron chi connectivity index (χ3n) is 4.58. The molecular weight excluding hydrogens is 338 g/mol. The molecule has 1 aliphatic rings. The highest BCUT2D eigenvalue weighted by Crippen LogP contribution is 2.27. The van der Waals surface area contributed by atoms with Crippen LogP contribution in [-0.4, -0.2) is 43.4 Å². The van der Waals surface area contributed by atoms with Gasteiger partial charge >= 0.3 is 0 Å². The number of imidazole rings is 1. The number of nitrogens with zero attached hydrogens (tertiary/aromatic N) is 5. The molecule has 0 spiro atoms.